The van der Waals surface area contributed by atoms with Gasteiger partial charge in [0.2, 0.25) is 0 Å². The van der Waals surface area contributed by atoms with Crippen molar-refractivity contribution in [3.8, 4) is 11.5 Å². The van der Waals surface area contributed by atoms with Gasteiger partial charge in [-0.15, -0.1) is 0 Å². The molecule has 0 bridgehead atoms. The summed E-state index contributed by atoms with van der Waals surface area (Å²) in [5.41, 5.74) is 7.52. The van der Waals surface area contributed by atoms with Crippen molar-refractivity contribution in [1.29, 1.82) is 0 Å². The number of benzene rings is 1. The summed E-state index contributed by atoms with van der Waals surface area (Å²) in [6.45, 7) is 1.27. The van der Waals surface area contributed by atoms with Crippen LogP contribution in [0.2, 0.25) is 0 Å². The number of hydrogen-bond acceptors (Lipinski definition) is 3. The van der Waals surface area contributed by atoms with Gasteiger partial charge in [-0.1, -0.05) is 38.2 Å². The highest BCUT2D eigenvalue weighted by molar-refractivity contribution is 5.44. The van der Waals surface area contributed by atoms with E-state index in [1.54, 1.807) is 0 Å². The number of rotatable bonds is 4. The van der Waals surface area contributed by atoms with Crippen LogP contribution < -0.4 is 15.2 Å². The maximum atomic E-state index is 6.35. The molecule has 2 aliphatic rings. The second kappa shape index (κ2) is 6.49. The topological polar surface area (TPSA) is 44.5 Å². The highest BCUT2D eigenvalue weighted by atomic mass is 16.6. The Hall–Kier alpha value is -1.22. The van der Waals surface area contributed by atoms with Gasteiger partial charge in [0.25, 0.3) is 0 Å². The highest BCUT2D eigenvalue weighted by Gasteiger charge is 2.17. The third kappa shape index (κ3) is 3.26. The molecular formula is C17H25NO2. The molecule has 110 valence electrons. The fourth-order valence-electron chi connectivity index (χ4n) is 3.35. The molecule has 1 fully saturated rings. The molecule has 0 aromatic heterocycles. The first-order valence-corrected chi connectivity index (χ1v) is 7.98. The Balaban J connectivity index is 1.57. The molecule has 3 heteroatoms. The van der Waals surface area contributed by atoms with E-state index in [0.717, 1.165) is 23.8 Å². The summed E-state index contributed by atoms with van der Waals surface area (Å²) in [5.74, 6) is 2.59. The molecule has 0 radical (unpaired) electrons. The molecule has 1 aliphatic carbocycles. The Labute approximate surface area is 121 Å². The Bertz CT molecular complexity index is 441. The van der Waals surface area contributed by atoms with E-state index in [1.165, 1.54) is 44.1 Å². The number of ether oxygens (including phenoxy) is 2. The first-order chi connectivity index (χ1) is 9.83. The lowest BCUT2D eigenvalue weighted by molar-refractivity contribution is 0.171. The van der Waals surface area contributed by atoms with Crippen LogP contribution in [0.5, 0.6) is 11.5 Å². The van der Waals surface area contributed by atoms with E-state index < -0.39 is 0 Å². The first-order valence-electron chi connectivity index (χ1n) is 7.98. The summed E-state index contributed by atoms with van der Waals surface area (Å²) < 4.78 is 11.2. The minimum Gasteiger partial charge on any atom is -0.486 e. The molecule has 1 aromatic rings. The average molecular weight is 275 g/mol. The maximum absolute atomic E-state index is 6.35. The zero-order chi connectivity index (χ0) is 13.8. The van der Waals surface area contributed by atoms with Gasteiger partial charge < -0.3 is 15.2 Å². The van der Waals surface area contributed by atoms with E-state index in [1.807, 2.05) is 6.07 Å². The van der Waals surface area contributed by atoms with Gasteiger partial charge in [0.05, 0.1) is 0 Å². The van der Waals surface area contributed by atoms with Crippen molar-refractivity contribution in [3.05, 3.63) is 23.8 Å². The fourth-order valence-corrected chi connectivity index (χ4v) is 3.35. The Morgan fingerprint density at radius 2 is 1.80 bits per heavy atom. The number of fused-ring (bicyclic) bond motifs is 1. The van der Waals surface area contributed by atoms with Gasteiger partial charge in [-0.3, -0.25) is 0 Å². The summed E-state index contributed by atoms with van der Waals surface area (Å²) in [6, 6.07) is 6.25. The SMILES string of the molecule is NC(CCC1CCCCC1)c1ccc2c(c1)OCCO2. The molecule has 1 saturated carbocycles. The van der Waals surface area contributed by atoms with Crippen LogP contribution in [-0.2, 0) is 0 Å². The zero-order valence-electron chi connectivity index (χ0n) is 12.1. The monoisotopic (exact) mass is 275 g/mol. The van der Waals surface area contributed by atoms with Gasteiger partial charge in [0.1, 0.15) is 13.2 Å². The number of hydrogen-bond donors (Lipinski definition) is 1. The van der Waals surface area contributed by atoms with Crippen LogP contribution in [0.15, 0.2) is 18.2 Å². The Kier molecular flexibility index (Phi) is 4.46. The van der Waals surface area contributed by atoms with Crippen molar-refractivity contribution in [2.45, 2.75) is 51.0 Å². The van der Waals surface area contributed by atoms with Crippen LogP contribution in [-0.4, -0.2) is 13.2 Å². The summed E-state index contributed by atoms with van der Waals surface area (Å²) in [4.78, 5) is 0. The average Bonchev–Trinajstić information content (AvgIpc) is 2.53. The lowest BCUT2D eigenvalue weighted by Crippen LogP contribution is -2.17. The largest absolute Gasteiger partial charge is 0.486 e. The Morgan fingerprint density at radius 3 is 2.60 bits per heavy atom. The molecule has 1 atom stereocenters. The fraction of sp³-hybridized carbons (Fsp3) is 0.647. The summed E-state index contributed by atoms with van der Waals surface area (Å²) in [5, 5.41) is 0. The molecule has 1 heterocycles. The molecule has 3 rings (SSSR count). The third-order valence-electron chi connectivity index (χ3n) is 4.61. The Morgan fingerprint density at radius 1 is 1.05 bits per heavy atom. The maximum Gasteiger partial charge on any atom is 0.161 e. The molecule has 1 unspecified atom stereocenters. The van der Waals surface area contributed by atoms with E-state index in [4.69, 9.17) is 15.2 Å². The van der Waals surface area contributed by atoms with Crippen LogP contribution in [0.3, 0.4) is 0 Å². The van der Waals surface area contributed by atoms with Crippen LogP contribution in [0, 0.1) is 5.92 Å². The smallest absolute Gasteiger partial charge is 0.161 e. The highest BCUT2D eigenvalue weighted by Crippen LogP contribution is 2.34. The van der Waals surface area contributed by atoms with E-state index in [9.17, 15) is 0 Å². The molecule has 1 aliphatic heterocycles. The second-order valence-electron chi connectivity index (χ2n) is 6.09. The van der Waals surface area contributed by atoms with Crippen LogP contribution >= 0.6 is 0 Å². The predicted octanol–water partition coefficient (Wildman–Crippen LogP) is 3.82. The summed E-state index contributed by atoms with van der Waals surface area (Å²) in [7, 11) is 0. The molecular weight excluding hydrogens is 250 g/mol. The first kappa shape index (κ1) is 13.7. The lowest BCUT2D eigenvalue weighted by Gasteiger charge is -2.24. The van der Waals surface area contributed by atoms with Gasteiger partial charge in [-0.2, -0.15) is 0 Å². The van der Waals surface area contributed by atoms with Gasteiger partial charge in [-0.05, 0) is 36.5 Å². The van der Waals surface area contributed by atoms with Gasteiger partial charge in [-0.25, -0.2) is 0 Å². The van der Waals surface area contributed by atoms with Crippen molar-refractivity contribution in [2.24, 2.45) is 11.7 Å². The second-order valence-corrected chi connectivity index (χ2v) is 6.09. The third-order valence-corrected chi connectivity index (χ3v) is 4.61. The van der Waals surface area contributed by atoms with Crippen molar-refractivity contribution in [3.63, 3.8) is 0 Å². The van der Waals surface area contributed by atoms with E-state index >= 15 is 0 Å². The van der Waals surface area contributed by atoms with Crippen molar-refractivity contribution < 1.29 is 9.47 Å². The van der Waals surface area contributed by atoms with E-state index in [0.29, 0.717) is 13.2 Å². The molecule has 2 N–H and O–H groups in total. The van der Waals surface area contributed by atoms with Crippen LogP contribution in [0.4, 0.5) is 0 Å². The van der Waals surface area contributed by atoms with Crippen molar-refractivity contribution >= 4 is 0 Å². The van der Waals surface area contributed by atoms with Gasteiger partial charge >= 0.3 is 0 Å². The van der Waals surface area contributed by atoms with Crippen molar-refractivity contribution in [2.75, 3.05) is 13.2 Å². The number of nitrogens with two attached hydrogens (primary N) is 1. The van der Waals surface area contributed by atoms with E-state index in [2.05, 4.69) is 12.1 Å². The van der Waals surface area contributed by atoms with Crippen molar-refractivity contribution in [1.82, 2.24) is 0 Å². The molecule has 0 spiro atoms. The minimum atomic E-state index is 0.118. The molecule has 1 aromatic carbocycles. The quantitative estimate of drug-likeness (QED) is 0.908. The standard InChI is InChI=1S/C17H25NO2/c18-15(8-6-13-4-2-1-3-5-13)14-7-9-16-17(12-14)20-11-10-19-16/h7,9,12-13,15H,1-6,8,10-11,18H2. The van der Waals surface area contributed by atoms with Crippen LogP contribution in [0.1, 0.15) is 56.6 Å². The lowest BCUT2D eigenvalue weighted by atomic mass is 9.84. The van der Waals surface area contributed by atoms with Gasteiger partial charge in [0.15, 0.2) is 11.5 Å². The molecule has 3 nitrogen and oxygen atoms in total. The summed E-state index contributed by atoms with van der Waals surface area (Å²) >= 11 is 0. The zero-order valence-corrected chi connectivity index (χ0v) is 12.1. The normalized spacial score (nSPS) is 20.6. The predicted molar refractivity (Wildman–Crippen MR) is 80.2 cm³/mol. The summed E-state index contributed by atoms with van der Waals surface area (Å²) in [6.07, 6.45) is 9.36. The van der Waals surface area contributed by atoms with Gasteiger partial charge in [0, 0.05) is 6.04 Å². The minimum absolute atomic E-state index is 0.118. The van der Waals surface area contributed by atoms with Crippen LogP contribution in [0.25, 0.3) is 0 Å². The molecule has 20 heavy (non-hydrogen) atoms. The molecule has 0 saturated heterocycles. The van der Waals surface area contributed by atoms with E-state index in [-0.39, 0.29) is 6.04 Å². The molecule has 0 amide bonds.